The summed E-state index contributed by atoms with van der Waals surface area (Å²) >= 11 is 0. The van der Waals surface area contributed by atoms with Crippen LogP contribution in [-0.2, 0) is 19.1 Å². The smallest absolute Gasteiger partial charge is 0.326 e. The van der Waals surface area contributed by atoms with E-state index in [9.17, 15) is 24.0 Å². The summed E-state index contributed by atoms with van der Waals surface area (Å²) in [4.78, 5) is 61.0. The van der Waals surface area contributed by atoms with E-state index in [1.165, 1.54) is 12.1 Å². The predicted molar refractivity (Wildman–Crippen MR) is 103 cm³/mol. The number of carbonyl (C=O) groups is 5. The Morgan fingerprint density at radius 3 is 2.45 bits per heavy atom. The Bertz CT molecular complexity index is 808. The Kier molecular flexibility index (Phi) is 7.08. The Labute approximate surface area is 168 Å². The fourth-order valence-corrected chi connectivity index (χ4v) is 2.78. The van der Waals surface area contributed by atoms with Gasteiger partial charge in [-0.15, -0.1) is 0 Å². The second-order valence-corrected chi connectivity index (χ2v) is 7.49. The number of hydrogen-bond donors (Lipinski definition) is 2. The monoisotopic (exact) mass is 403 g/mol. The number of amides is 5. The molecule has 1 atom stereocenters. The van der Waals surface area contributed by atoms with Gasteiger partial charge in [-0.1, -0.05) is 32.0 Å². The number of carbonyl (C=O) groups excluding carboxylic acids is 5. The van der Waals surface area contributed by atoms with Crippen LogP contribution in [0.25, 0.3) is 0 Å². The number of imide groups is 2. The molecule has 156 valence electrons. The van der Waals surface area contributed by atoms with Crippen LogP contribution in [0.4, 0.5) is 4.79 Å². The van der Waals surface area contributed by atoms with Gasteiger partial charge in [-0.05, 0) is 37.8 Å². The minimum Gasteiger partial charge on any atom is -0.454 e. The molecule has 2 rings (SSSR count). The lowest BCUT2D eigenvalue weighted by atomic mass is 9.92. The molecule has 1 fully saturated rings. The van der Waals surface area contributed by atoms with Gasteiger partial charge >= 0.3 is 12.0 Å². The van der Waals surface area contributed by atoms with E-state index in [4.69, 9.17) is 4.74 Å². The minimum atomic E-state index is -1.07. The van der Waals surface area contributed by atoms with E-state index in [-0.39, 0.29) is 5.56 Å². The molecule has 1 heterocycles. The molecule has 9 nitrogen and oxygen atoms in total. The summed E-state index contributed by atoms with van der Waals surface area (Å²) in [7, 11) is 0. The Balaban J connectivity index is 1.82. The number of benzene rings is 1. The van der Waals surface area contributed by atoms with Gasteiger partial charge in [-0.3, -0.25) is 29.4 Å². The maximum absolute atomic E-state index is 12.5. The fourth-order valence-electron chi connectivity index (χ4n) is 2.78. The standard InChI is InChI=1S/C20H25N3O6/c1-13(2)9-10-20(3)18(27)23(19(28)22-20)11-16(25)29-12-15(24)21-17(26)14-7-5-4-6-8-14/h4-8,13H,9-12H2,1-3H3,(H,22,28)(H,21,24,26)/t20-/m0/s1. The van der Waals surface area contributed by atoms with Crippen molar-refractivity contribution in [2.45, 2.75) is 39.2 Å². The quantitative estimate of drug-likeness (QED) is 0.497. The van der Waals surface area contributed by atoms with Gasteiger partial charge in [0, 0.05) is 5.56 Å². The molecular weight excluding hydrogens is 378 g/mol. The summed E-state index contributed by atoms with van der Waals surface area (Å²) in [6.45, 7) is 4.32. The third-order valence-electron chi connectivity index (χ3n) is 4.51. The molecule has 1 aromatic rings. The SMILES string of the molecule is CC(C)CC[C@]1(C)NC(=O)N(CC(=O)OCC(=O)NC(=O)c2ccccc2)C1=O. The van der Waals surface area contributed by atoms with Gasteiger partial charge < -0.3 is 10.1 Å². The fraction of sp³-hybridized carbons (Fsp3) is 0.450. The largest absolute Gasteiger partial charge is 0.454 e. The van der Waals surface area contributed by atoms with Gasteiger partial charge in [0.05, 0.1) is 0 Å². The summed E-state index contributed by atoms with van der Waals surface area (Å²) in [6.07, 6.45) is 1.18. The number of esters is 1. The van der Waals surface area contributed by atoms with E-state index in [2.05, 4.69) is 10.6 Å². The van der Waals surface area contributed by atoms with Crippen LogP contribution in [-0.4, -0.2) is 53.3 Å². The number of nitrogens with one attached hydrogen (secondary N) is 2. The van der Waals surface area contributed by atoms with Crippen LogP contribution in [0.5, 0.6) is 0 Å². The van der Waals surface area contributed by atoms with Crippen molar-refractivity contribution >= 4 is 29.7 Å². The molecular formula is C20H25N3O6. The van der Waals surface area contributed by atoms with Crippen LogP contribution in [0.15, 0.2) is 30.3 Å². The third-order valence-corrected chi connectivity index (χ3v) is 4.51. The molecule has 0 unspecified atom stereocenters. The van der Waals surface area contributed by atoms with Gasteiger partial charge in [0.15, 0.2) is 6.61 Å². The van der Waals surface area contributed by atoms with Crippen molar-refractivity contribution < 1.29 is 28.7 Å². The first-order valence-electron chi connectivity index (χ1n) is 9.31. The van der Waals surface area contributed by atoms with Gasteiger partial charge in [0.25, 0.3) is 17.7 Å². The molecule has 0 radical (unpaired) electrons. The topological polar surface area (TPSA) is 122 Å². The second-order valence-electron chi connectivity index (χ2n) is 7.49. The number of rotatable bonds is 8. The zero-order valence-corrected chi connectivity index (χ0v) is 16.7. The van der Waals surface area contributed by atoms with Crippen LogP contribution in [0.2, 0.25) is 0 Å². The molecule has 0 aromatic heterocycles. The molecule has 1 aliphatic heterocycles. The van der Waals surface area contributed by atoms with Crippen LogP contribution < -0.4 is 10.6 Å². The number of nitrogens with zero attached hydrogens (tertiary/aromatic N) is 1. The molecule has 2 N–H and O–H groups in total. The van der Waals surface area contributed by atoms with Gasteiger partial charge in [0.1, 0.15) is 12.1 Å². The van der Waals surface area contributed by atoms with Crippen molar-refractivity contribution in [2.75, 3.05) is 13.2 Å². The minimum absolute atomic E-state index is 0.284. The lowest BCUT2D eigenvalue weighted by Crippen LogP contribution is -2.44. The van der Waals surface area contributed by atoms with E-state index in [1.54, 1.807) is 25.1 Å². The highest BCUT2D eigenvalue weighted by molar-refractivity contribution is 6.08. The second kappa shape index (κ2) is 9.31. The molecule has 1 aromatic carbocycles. The predicted octanol–water partition coefficient (Wildman–Crippen LogP) is 1.23. The molecule has 0 aliphatic carbocycles. The van der Waals surface area contributed by atoms with E-state index in [0.29, 0.717) is 12.3 Å². The maximum Gasteiger partial charge on any atom is 0.326 e. The van der Waals surface area contributed by atoms with Crippen LogP contribution in [0, 0.1) is 5.92 Å². The highest BCUT2D eigenvalue weighted by Crippen LogP contribution is 2.24. The van der Waals surface area contributed by atoms with E-state index in [1.807, 2.05) is 13.8 Å². The molecule has 1 aliphatic rings. The van der Waals surface area contributed by atoms with Crippen molar-refractivity contribution in [3.8, 4) is 0 Å². The molecule has 5 amide bonds. The summed E-state index contributed by atoms with van der Waals surface area (Å²) in [5, 5.41) is 4.69. The van der Waals surface area contributed by atoms with Crippen LogP contribution >= 0.6 is 0 Å². The first kappa shape index (κ1) is 22.1. The molecule has 0 saturated carbocycles. The normalized spacial score (nSPS) is 18.6. The first-order valence-corrected chi connectivity index (χ1v) is 9.31. The molecule has 29 heavy (non-hydrogen) atoms. The van der Waals surface area contributed by atoms with Crippen LogP contribution in [0.1, 0.15) is 44.0 Å². The van der Waals surface area contributed by atoms with Crippen LogP contribution in [0.3, 0.4) is 0 Å². The van der Waals surface area contributed by atoms with E-state index in [0.717, 1.165) is 11.3 Å². The summed E-state index contributed by atoms with van der Waals surface area (Å²) in [5.74, 6) is -2.52. The van der Waals surface area contributed by atoms with E-state index >= 15 is 0 Å². The molecule has 0 spiro atoms. The third kappa shape index (κ3) is 5.87. The van der Waals surface area contributed by atoms with Crippen molar-refractivity contribution in [1.82, 2.24) is 15.5 Å². The summed E-state index contributed by atoms with van der Waals surface area (Å²) in [5.41, 5.74) is -0.784. The van der Waals surface area contributed by atoms with Gasteiger partial charge in [-0.25, -0.2) is 4.79 Å². The first-order chi connectivity index (χ1) is 13.6. The number of hydrogen-bond acceptors (Lipinski definition) is 6. The van der Waals surface area contributed by atoms with Crippen molar-refractivity contribution in [2.24, 2.45) is 5.92 Å². The maximum atomic E-state index is 12.5. The number of ether oxygens (including phenoxy) is 1. The van der Waals surface area contributed by atoms with Crippen molar-refractivity contribution in [1.29, 1.82) is 0 Å². The lowest BCUT2D eigenvalue weighted by Gasteiger charge is -2.22. The highest BCUT2D eigenvalue weighted by atomic mass is 16.5. The Morgan fingerprint density at radius 2 is 1.83 bits per heavy atom. The van der Waals surface area contributed by atoms with Crippen molar-refractivity contribution in [3.05, 3.63) is 35.9 Å². The number of urea groups is 1. The zero-order valence-electron chi connectivity index (χ0n) is 16.7. The molecule has 1 saturated heterocycles. The average Bonchev–Trinajstić information content (AvgIpc) is 2.89. The van der Waals surface area contributed by atoms with Gasteiger partial charge in [-0.2, -0.15) is 0 Å². The Hall–Kier alpha value is -3.23. The average molecular weight is 403 g/mol. The summed E-state index contributed by atoms with van der Waals surface area (Å²) < 4.78 is 4.79. The van der Waals surface area contributed by atoms with Gasteiger partial charge in [0.2, 0.25) is 0 Å². The summed E-state index contributed by atoms with van der Waals surface area (Å²) in [6, 6.07) is 7.40. The van der Waals surface area contributed by atoms with E-state index < -0.39 is 48.4 Å². The zero-order chi connectivity index (χ0) is 21.6. The molecule has 9 heteroatoms. The molecule has 0 bridgehead atoms. The highest BCUT2D eigenvalue weighted by Gasteiger charge is 2.48. The lowest BCUT2D eigenvalue weighted by molar-refractivity contribution is -0.150. The Morgan fingerprint density at radius 1 is 1.17 bits per heavy atom. The van der Waals surface area contributed by atoms with Crippen molar-refractivity contribution in [3.63, 3.8) is 0 Å².